The number of nitrogens with two attached hydrogens (primary N) is 12. The highest BCUT2D eigenvalue weighted by Gasteiger charge is 2.33. The number of fused-ring (bicyclic) bond motifs is 6. The van der Waals surface area contributed by atoms with Crippen LogP contribution >= 0.6 is 23.1 Å². The number of anilines is 3. The molecule has 4 aromatic rings. The summed E-state index contributed by atoms with van der Waals surface area (Å²) in [5.41, 5.74) is 1.51. The fourth-order valence-corrected chi connectivity index (χ4v) is 9.08. The van der Waals surface area contributed by atoms with Gasteiger partial charge < -0.3 is 0 Å². The van der Waals surface area contributed by atoms with E-state index in [-0.39, 0.29) is 16.6 Å². The van der Waals surface area contributed by atoms with Gasteiger partial charge in [-0.15, -0.1) is 14.7 Å². The molecule has 3 atom stereocenters. The van der Waals surface area contributed by atoms with Crippen LogP contribution in [0.2, 0.25) is 0 Å². The molecule has 3 aromatic heterocycles. The molecule has 21 nitrogen and oxygen atoms in total. The zero-order valence-electron chi connectivity index (χ0n) is 16.8. The highest BCUT2D eigenvalue weighted by molar-refractivity contribution is 7.64. The Morgan fingerprint density at radius 3 is 0.758 bits per heavy atom. The summed E-state index contributed by atoms with van der Waals surface area (Å²) >= 11 is 0. The quantitative estimate of drug-likeness (QED) is 0.0837. The zero-order chi connectivity index (χ0) is 24.5. The van der Waals surface area contributed by atoms with E-state index in [0.29, 0.717) is 31.9 Å². The first kappa shape index (κ1) is 24.1. The Kier molecular flexibility index (Phi) is 6.05. The normalized spacial score (nSPS) is 14.1. The molecule has 4 rings (SSSR count). The van der Waals surface area contributed by atoms with Gasteiger partial charge in [-0.25, -0.2) is 100 Å². The van der Waals surface area contributed by atoms with Gasteiger partial charge >= 0.3 is 0 Å². The van der Waals surface area contributed by atoms with E-state index in [9.17, 15) is 0 Å². The van der Waals surface area contributed by atoms with Crippen molar-refractivity contribution in [3.05, 3.63) is 0 Å². The Hall–Kier alpha value is -2.07. The predicted molar refractivity (Wildman–Crippen MR) is 133 cm³/mol. The number of nitrogens with zero attached hydrogens (tertiary/aromatic N) is 9. The lowest BCUT2D eigenvalue weighted by atomic mass is 10.3. The summed E-state index contributed by atoms with van der Waals surface area (Å²) in [4.78, 5) is 16.5. The lowest BCUT2D eigenvalue weighted by Gasteiger charge is -2.16. The average molecular weight is 519 g/mol. The molecule has 1 aromatic carbocycles. The second kappa shape index (κ2) is 8.30. The molecule has 24 N–H and O–H groups in total. The lowest BCUT2D eigenvalue weighted by Crippen LogP contribution is -2.41. The molecule has 33 heavy (non-hydrogen) atoms. The van der Waals surface area contributed by atoms with Crippen molar-refractivity contribution in [2.45, 2.75) is 0 Å². The Balaban J connectivity index is 2.43. The van der Waals surface area contributed by atoms with E-state index >= 15 is 0 Å². The maximum absolute atomic E-state index is 5.97. The van der Waals surface area contributed by atoms with Crippen molar-refractivity contribution < 1.29 is 0 Å². The second-order valence-corrected chi connectivity index (χ2v) is 12.4. The van der Waals surface area contributed by atoms with Crippen LogP contribution in [0.5, 0.6) is 0 Å². The monoisotopic (exact) mass is 519 g/mol. The van der Waals surface area contributed by atoms with Gasteiger partial charge in [0.25, 0.3) is 0 Å². The number of hydrogen-bond acceptors (Lipinski definition) is 21. The van der Waals surface area contributed by atoms with Crippen LogP contribution < -0.4 is 100 Å². The van der Waals surface area contributed by atoms with Crippen molar-refractivity contribution in [2.24, 2.45) is 70.1 Å². The van der Waals surface area contributed by atoms with E-state index in [2.05, 4.69) is 15.0 Å². The van der Waals surface area contributed by atoms with Crippen LogP contribution in [0, 0.1) is 0 Å². The summed E-state index contributed by atoms with van der Waals surface area (Å²) in [6.07, 6.45) is 0. The van der Waals surface area contributed by atoms with Crippen LogP contribution in [0.25, 0.3) is 31.9 Å². The SMILES string of the molecule is NN(N)c1nc2c(c3nc(N(N)N)p(N(N)N)c3c3nc(N(N)N)p(N(N)N)c23)p1N(N)N. The van der Waals surface area contributed by atoms with Crippen molar-refractivity contribution in [1.29, 1.82) is 0 Å². The Morgan fingerprint density at radius 1 is 0.394 bits per heavy atom. The first-order valence-electron chi connectivity index (χ1n) is 8.55. The number of hydrogen-bond donors (Lipinski definition) is 12. The highest BCUT2D eigenvalue weighted by Crippen LogP contribution is 2.60. The van der Waals surface area contributed by atoms with Crippen molar-refractivity contribution in [1.82, 2.24) is 15.0 Å². The Labute approximate surface area is 187 Å². The summed E-state index contributed by atoms with van der Waals surface area (Å²) in [5, 5.41) is 3.81. The van der Waals surface area contributed by atoms with Crippen molar-refractivity contribution >= 4 is 71.6 Å². The van der Waals surface area contributed by atoms with Gasteiger partial charge in [0.05, 0.1) is 31.9 Å². The highest BCUT2D eigenvalue weighted by atomic mass is 31.1. The van der Waals surface area contributed by atoms with Crippen LogP contribution in [-0.4, -0.2) is 15.0 Å². The summed E-state index contributed by atoms with van der Waals surface area (Å²) in [5.74, 6) is 70.7. The molecule has 0 fully saturated rings. The summed E-state index contributed by atoms with van der Waals surface area (Å²) in [6.45, 7) is 0. The molecule has 180 valence electrons. The van der Waals surface area contributed by atoms with E-state index < -0.39 is 23.1 Å². The van der Waals surface area contributed by atoms with Crippen LogP contribution in [0.3, 0.4) is 0 Å². The molecule has 0 aliphatic heterocycles. The Morgan fingerprint density at radius 2 is 0.606 bits per heavy atom. The predicted octanol–water partition coefficient (Wildman–Crippen LogP) is -4.99. The minimum atomic E-state index is -1.78. The van der Waals surface area contributed by atoms with Gasteiger partial charge in [-0.3, -0.25) is 0 Å². The summed E-state index contributed by atoms with van der Waals surface area (Å²) in [7, 11) is -5.33. The maximum Gasteiger partial charge on any atom is 0.195 e. The minimum absolute atomic E-state index is 0.157. The molecule has 0 saturated carbocycles. The molecular weight excluding hydrogens is 495 g/mol. The first-order chi connectivity index (χ1) is 15.4. The number of benzene rings is 1. The van der Waals surface area contributed by atoms with Gasteiger partial charge in [-0.05, 0) is 0 Å². The molecule has 0 bridgehead atoms. The third-order valence-electron chi connectivity index (χ3n) is 4.57. The molecule has 0 saturated heterocycles. The van der Waals surface area contributed by atoms with Gasteiger partial charge in [0.2, 0.25) is 0 Å². The fraction of sp³-hybridized carbons (Fsp3) is 0. The van der Waals surface area contributed by atoms with Gasteiger partial charge in [-0.2, -0.15) is 0 Å². The van der Waals surface area contributed by atoms with E-state index in [1.807, 2.05) is 0 Å². The van der Waals surface area contributed by atoms with Gasteiger partial charge in [0, 0.05) is 23.1 Å². The molecule has 3 heterocycles. The topological polar surface area (TPSA) is 370 Å². The van der Waals surface area contributed by atoms with E-state index in [1.165, 1.54) is 0 Å². The standard InChI is InChI=1S/C9H24N21P3/c10-25(11)7-22-1-4(31(7)28(16)17)2-6(33(30(20)21)9(24-2)27(14)15)3-5(1)32(29(18)19)8(23-3)26(12)13/h10-21H2. The van der Waals surface area contributed by atoms with Crippen molar-refractivity contribution in [3.8, 4) is 0 Å². The van der Waals surface area contributed by atoms with Gasteiger partial charge in [-0.1, -0.05) is 0 Å². The summed E-state index contributed by atoms with van der Waals surface area (Å²) < 4.78 is 0. The Bertz CT molecular complexity index is 1150. The lowest BCUT2D eigenvalue weighted by molar-refractivity contribution is 0.913. The fourth-order valence-electron chi connectivity index (χ4n) is 3.49. The third-order valence-corrected chi connectivity index (χ3v) is 10.6. The third kappa shape index (κ3) is 3.48. The molecule has 0 spiro atoms. The minimum Gasteiger partial charge on any atom is -0.247 e. The number of hydrazine groups is 12. The van der Waals surface area contributed by atoms with E-state index in [1.54, 1.807) is 0 Å². The van der Waals surface area contributed by atoms with Crippen molar-refractivity contribution in [2.75, 3.05) is 30.0 Å². The van der Waals surface area contributed by atoms with Crippen LogP contribution in [0.1, 0.15) is 0 Å². The number of aromatic nitrogens is 3. The van der Waals surface area contributed by atoms with E-state index in [4.69, 9.17) is 70.1 Å². The maximum atomic E-state index is 5.97. The van der Waals surface area contributed by atoms with Gasteiger partial charge in [0.15, 0.2) is 16.6 Å². The molecule has 3 unspecified atom stereocenters. The largest absolute Gasteiger partial charge is 0.247 e. The van der Waals surface area contributed by atoms with Crippen LogP contribution in [0.15, 0.2) is 0 Å². The average Bonchev–Trinajstić information content (AvgIpc) is 3.37. The molecule has 0 aliphatic rings. The summed E-state index contributed by atoms with van der Waals surface area (Å²) in [6, 6.07) is 0. The van der Waals surface area contributed by atoms with E-state index in [0.717, 1.165) is 30.0 Å². The molecular formula is C9H24N21P3. The van der Waals surface area contributed by atoms with Crippen molar-refractivity contribution in [3.63, 3.8) is 0 Å². The molecule has 0 amide bonds. The molecule has 0 aliphatic carbocycles. The van der Waals surface area contributed by atoms with Gasteiger partial charge in [0.1, 0.15) is 0 Å². The zero-order valence-corrected chi connectivity index (χ0v) is 19.5. The first-order valence-corrected chi connectivity index (χ1v) is 12.4. The second-order valence-electron chi connectivity index (χ2n) is 6.62. The smallest absolute Gasteiger partial charge is 0.195 e. The van der Waals surface area contributed by atoms with Crippen LogP contribution in [0.4, 0.5) is 16.6 Å². The molecule has 0 radical (unpaired) electrons. The number of rotatable bonds is 6. The molecule has 24 heteroatoms. The van der Waals surface area contributed by atoms with Crippen LogP contribution in [-0.2, 0) is 0 Å².